The average molecular weight is 232 g/mol. The van der Waals surface area contributed by atoms with Gasteiger partial charge in [-0.3, -0.25) is 0 Å². The van der Waals surface area contributed by atoms with E-state index in [9.17, 15) is 0 Å². The standard InChI is InChI=1S/C14H26P.Li/c1-14(2,12-8-6-7-9-12)15-13-10-4-3-5-11-13;/h6,12-13,15H,3-5,7-11H2,1-2H3;/q-1;+1. The van der Waals surface area contributed by atoms with Gasteiger partial charge >= 0.3 is 18.9 Å². The Balaban J connectivity index is 0.00000128. The van der Waals surface area contributed by atoms with Crippen LogP contribution in [0.4, 0.5) is 0 Å². The Morgan fingerprint density at radius 1 is 1.06 bits per heavy atom. The predicted molar refractivity (Wildman–Crippen MR) is 70.9 cm³/mol. The van der Waals surface area contributed by atoms with Gasteiger partial charge in [0.15, 0.2) is 0 Å². The zero-order valence-electron chi connectivity index (χ0n) is 11.4. The first kappa shape index (κ1) is 15.1. The van der Waals surface area contributed by atoms with Crippen molar-refractivity contribution in [3.63, 3.8) is 0 Å². The van der Waals surface area contributed by atoms with Crippen molar-refractivity contribution in [2.24, 2.45) is 5.92 Å². The van der Waals surface area contributed by atoms with Gasteiger partial charge in [0.05, 0.1) is 0 Å². The molecule has 0 nitrogen and oxygen atoms in total. The van der Waals surface area contributed by atoms with Crippen molar-refractivity contribution >= 4 is 8.58 Å². The molecule has 2 aliphatic rings. The largest absolute Gasteiger partial charge is 1.00 e. The van der Waals surface area contributed by atoms with E-state index in [1.165, 1.54) is 59.9 Å². The normalized spacial score (nSPS) is 28.5. The fourth-order valence-electron chi connectivity index (χ4n) is 3.30. The summed E-state index contributed by atoms with van der Waals surface area (Å²) < 4.78 is 0. The van der Waals surface area contributed by atoms with Crippen molar-refractivity contribution in [2.45, 2.75) is 76.0 Å². The van der Waals surface area contributed by atoms with Crippen LogP contribution in [0.2, 0.25) is 0 Å². The summed E-state index contributed by atoms with van der Waals surface area (Å²) in [6.07, 6.45) is 14.3. The van der Waals surface area contributed by atoms with Crippen LogP contribution in [-0.4, -0.2) is 10.8 Å². The molecule has 0 N–H and O–H groups in total. The summed E-state index contributed by atoms with van der Waals surface area (Å²) in [4.78, 5) is 0. The Hall–Kier alpha value is 1.03. The van der Waals surface area contributed by atoms with E-state index in [0.29, 0.717) is 5.16 Å². The van der Waals surface area contributed by atoms with Crippen molar-refractivity contribution in [2.75, 3.05) is 0 Å². The van der Waals surface area contributed by atoms with Crippen LogP contribution in [0.25, 0.3) is 0 Å². The van der Waals surface area contributed by atoms with E-state index in [0.717, 1.165) is 11.6 Å². The molecule has 16 heavy (non-hydrogen) atoms. The minimum absolute atomic E-state index is 0. The molecule has 0 aromatic carbocycles. The molecule has 0 radical (unpaired) electrons. The molecule has 2 unspecified atom stereocenters. The molecular weight excluding hydrogens is 206 g/mol. The van der Waals surface area contributed by atoms with Gasteiger partial charge in [0.1, 0.15) is 0 Å². The molecule has 2 heteroatoms. The van der Waals surface area contributed by atoms with Crippen LogP contribution in [0.15, 0.2) is 0 Å². The first-order valence-corrected chi connectivity index (χ1v) is 7.85. The van der Waals surface area contributed by atoms with Crippen molar-refractivity contribution < 1.29 is 18.9 Å². The summed E-state index contributed by atoms with van der Waals surface area (Å²) in [6, 6.07) is 0. The summed E-state index contributed by atoms with van der Waals surface area (Å²) in [5.41, 5.74) is 1.08. The molecule has 0 bridgehead atoms. The second-order valence-corrected chi connectivity index (χ2v) is 8.39. The van der Waals surface area contributed by atoms with Gasteiger partial charge in [-0.05, 0) is 23.7 Å². The second kappa shape index (κ2) is 6.83. The van der Waals surface area contributed by atoms with Crippen LogP contribution in [0, 0.1) is 12.3 Å². The van der Waals surface area contributed by atoms with Gasteiger partial charge < -0.3 is 6.42 Å². The molecule has 2 fully saturated rings. The first-order valence-electron chi connectivity index (χ1n) is 6.78. The van der Waals surface area contributed by atoms with Crippen LogP contribution in [0.1, 0.15) is 65.2 Å². The van der Waals surface area contributed by atoms with E-state index in [1.807, 2.05) is 0 Å². The Morgan fingerprint density at radius 3 is 2.31 bits per heavy atom. The molecule has 0 aromatic rings. The van der Waals surface area contributed by atoms with Crippen molar-refractivity contribution in [1.82, 2.24) is 0 Å². The van der Waals surface area contributed by atoms with Crippen LogP contribution < -0.4 is 18.9 Å². The maximum Gasteiger partial charge on any atom is 1.00 e. The number of rotatable bonds is 3. The molecule has 88 valence electrons. The molecule has 0 saturated heterocycles. The van der Waals surface area contributed by atoms with Crippen LogP contribution in [-0.2, 0) is 0 Å². The van der Waals surface area contributed by atoms with Crippen LogP contribution in [0.3, 0.4) is 0 Å². The minimum atomic E-state index is 0. The summed E-state index contributed by atoms with van der Waals surface area (Å²) in [7, 11) is 1.22. The molecule has 0 amide bonds. The number of hydrogen-bond acceptors (Lipinski definition) is 0. The smallest absolute Gasteiger partial charge is 0.328 e. The third-order valence-electron chi connectivity index (χ3n) is 4.37. The first-order chi connectivity index (χ1) is 7.18. The van der Waals surface area contributed by atoms with E-state index < -0.39 is 0 Å². The van der Waals surface area contributed by atoms with Gasteiger partial charge in [-0.2, -0.15) is 12.8 Å². The van der Waals surface area contributed by atoms with Crippen LogP contribution in [0.5, 0.6) is 0 Å². The van der Waals surface area contributed by atoms with Crippen molar-refractivity contribution in [1.29, 1.82) is 0 Å². The summed E-state index contributed by atoms with van der Waals surface area (Å²) >= 11 is 0. The van der Waals surface area contributed by atoms with Crippen LogP contribution >= 0.6 is 8.58 Å². The molecule has 0 aromatic heterocycles. The molecule has 2 aliphatic carbocycles. The van der Waals surface area contributed by atoms with E-state index in [1.54, 1.807) is 0 Å². The molecule has 0 spiro atoms. The molecular formula is C14H26LiP. The fourth-order valence-corrected chi connectivity index (χ4v) is 5.55. The Bertz CT molecular complexity index is 191. The van der Waals surface area contributed by atoms with Gasteiger partial charge in [0.2, 0.25) is 0 Å². The van der Waals surface area contributed by atoms with E-state index in [4.69, 9.17) is 0 Å². The Kier molecular flexibility index (Phi) is 6.44. The van der Waals surface area contributed by atoms with E-state index in [2.05, 4.69) is 20.3 Å². The molecule has 2 rings (SSSR count). The Labute approximate surface area is 116 Å². The van der Waals surface area contributed by atoms with Gasteiger partial charge in [0.25, 0.3) is 0 Å². The van der Waals surface area contributed by atoms with E-state index in [-0.39, 0.29) is 18.9 Å². The fraction of sp³-hybridized carbons (Fsp3) is 0.929. The third-order valence-corrected chi connectivity index (χ3v) is 6.51. The van der Waals surface area contributed by atoms with Gasteiger partial charge in [-0.25, -0.2) is 0 Å². The molecule has 0 aliphatic heterocycles. The van der Waals surface area contributed by atoms with Crippen molar-refractivity contribution in [3.05, 3.63) is 6.42 Å². The summed E-state index contributed by atoms with van der Waals surface area (Å²) in [6.45, 7) is 5.06. The van der Waals surface area contributed by atoms with Gasteiger partial charge in [-0.1, -0.05) is 45.4 Å². The molecule has 2 atom stereocenters. The van der Waals surface area contributed by atoms with Gasteiger partial charge in [-0.15, -0.1) is 8.58 Å². The number of hydrogen-bond donors (Lipinski definition) is 0. The average Bonchev–Trinajstić information content (AvgIpc) is 2.71. The quantitative estimate of drug-likeness (QED) is 0.395. The van der Waals surface area contributed by atoms with Gasteiger partial charge in [0, 0.05) is 0 Å². The zero-order valence-corrected chi connectivity index (χ0v) is 12.4. The second-order valence-electron chi connectivity index (χ2n) is 6.00. The molecule has 2 saturated carbocycles. The summed E-state index contributed by atoms with van der Waals surface area (Å²) in [5.74, 6) is 0.998. The summed E-state index contributed by atoms with van der Waals surface area (Å²) in [5, 5.41) is 0.634. The maximum absolute atomic E-state index is 2.53. The maximum atomic E-state index is 2.53. The topological polar surface area (TPSA) is 0 Å². The molecule has 0 heterocycles. The predicted octanol–water partition coefficient (Wildman–Crippen LogP) is 1.78. The Morgan fingerprint density at radius 2 is 1.75 bits per heavy atom. The zero-order chi connectivity index (χ0) is 10.7. The minimum Gasteiger partial charge on any atom is -0.328 e. The third kappa shape index (κ3) is 4.05. The monoisotopic (exact) mass is 232 g/mol. The SMILES string of the molecule is CC(C)(PC1CCCCC1)C1C[CH-]CC1.[Li+]. The van der Waals surface area contributed by atoms with E-state index >= 15 is 0 Å². The van der Waals surface area contributed by atoms with Crippen molar-refractivity contribution in [3.8, 4) is 0 Å².